The number of H-pyrrole nitrogens is 1. The highest BCUT2D eigenvalue weighted by molar-refractivity contribution is 7.89. The quantitative estimate of drug-likeness (QED) is 0.666. The van der Waals surface area contributed by atoms with E-state index in [2.05, 4.69) is 21.8 Å². The minimum Gasteiger partial charge on any atom is -0.284 e. The van der Waals surface area contributed by atoms with Gasteiger partial charge in [-0.15, -0.1) is 0 Å². The highest BCUT2D eigenvalue weighted by Gasteiger charge is 2.13. The summed E-state index contributed by atoms with van der Waals surface area (Å²) in [6.07, 6.45) is 9.57. The maximum atomic E-state index is 11.7. The van der Waals surface area contributed by atoms with Crippen LogP contribution in [0, 0.1) is 0 Å². The van der Waals surface area contributed by atoms with Crippen LogP contribution >= 0.6 is 0 Å². The Morgan fingerprint density at radius 3 is 2.59 bits per heavy atom. The number of hydrogen-bond donors (Lipinski definition) is 2. The second-order valence-corrected chi connectivity index (χ2v) is 5.87. The second-order valence-electron chi connectivity index (χ2n) is 4.10. The van der Waals surface area contributed by atoms with Crippen molar-refractivity contribution in [2.45, 2.75) is 50.3 Å². The van der Waals surface area contributed by atoms with Crippen LogP contribution in [-0.4, -0.2) is 25.2 Å². The lowest BCUT2D eigenvalue weighted by Gasteiger charge is -2.04. The zero-order chi connectivity index (χ0) is 12.6. The van der Waals surface area contributed by atoms with Gasteiger partial charge in [0.25, 0.3) is 0 Å². The molecule has 98 valence electrons. The molecule has 0 atom stereocenters. The molecule has 0 saturated heterocycles. The summed E-state index contributed by atoms with van der Waals surface area (Å²) in [7, 11) is -3.36. The lowest BCUT2D eigenvalue weighted by atomic mass is 10.1. The van der Waals surface area contributed by atoms with Crippen LogP contribution in [0.25, 0.3) is 0 Å². The number of nitrogens with one attached hydrogen (secondary N) is 2. The smallest absolute Gasteiger partial charge is 0.243 e. The van der Waals surface area contributed by atoms with Crippen molar-refractivity contribution in [2.24, 2.45) is 0 Å². The van der Waals surface area contributed by atoms with Crippen LogP contribution in [0.15, 0.2) is 17.3 Å². The molecule has 17 heavy (non-hydrogen) atoms. The third kappa shape index (κ3) is 5.32. The molecule has 0 amide bonds. The first-order valence-electron chi connectivity index (χ1n) is 6.15. The van der Waals surface area contributed by atoms with Gasteiger partial charge in [-0.25, -0.2) is 13.1 Å². The Morgan fingerprint density at radius 1 is 1.24 bits per heavy atom. The molecule has 0 aromatic carbocycles. The van der Waals surface area contributed by atoms with Gasteiger partial charge in [-0.3, -0.25) is 5.10 Å². The average Bonchev–Trinajstić information content (AvgIpc) is 2.82. The summed E-state index contributed by atoms with van der Waals surface area (Å²) in [6, 6.07) is 0. The molecule has 0 unspecified atom stereocenters. The molecule has 1 aromatic rings. The van der Waals surface area contributed by atoms with E-state index in [1.54, 1.807) is 0 Å². The summed E-state index contributed by atoms with van der Waals surface area (Å²) in [5, 5.41) is 6.11. The number of aromatic nitrogens is 2. The predicted molar refractivity (Wildman–Crippen MR) is 67.2 cm³/mol. The third-order valence-corrected chi connectivity index (χ3v) is 4.03. The first-order valence-corrected chi connectivity index (χ1v) is 7.63. The summed E-state index contributed by atoms with van der Waals surface area (Å²) in [6.45, 7) is 2.68. The van der Waals surface area contributed by atoms with E-state index in [-0.39, 0.29) is 4.90 Å². The first-order chi connectivity index (χ1) is 8.17. The Bertz CT molecular complexity index is 387. The molecule has 0 saturated carbocycles. The number of hydrogen-bond acceptors (Lipinski definition) is 3. The van der Waals surface area contributed by atoms with E-state index in [4.69, 9.17) is 0 Å². The molecule has 6 heteroatoms. The van der Waals surface area contributed by atoms with Crippen molar-refractivity contribution >= 4 is 10.0 Å². The zero-order valence-corrected chi connectivity index (χ0v) is 11.1. The highest BCUT2D eigenvalue weighted by atomic mass is 32.2. The van der Waals surface area contributed by atoms with Crippen LogP contribution in [0.1, 0.15) is 45.4 Å². The topological polar surface area (TPSA) is 74.8 Å². The molecular formula is C11H21N3O2S. The van der Waals surface area contributed by atoms with E-state index >= 15 is 0 Å². The third-order valence-electron chi connectivity index (χ3n) is 2.61. The minimum absolute atomic E-state index is 0.198. The summed E-state index contributed by atoms with van der Waals surface area (Å²) >= 11 is 0. The maximum absolute atomic E-state index is 11.7. The Balaban J connectivity index is 2.14. The van der Waals surface area contributed by atoms with Gasteiger partial charge in [0.2, 0.25) is 10.0 Å². The molecule has 1 heterocycles. The molecule has 0 aliphatic rings. The van der Waals surface area contributed by atoms with Crippen LogP contribution in [0.4, 0.5) is 0 Å². The Hall–Kier alpha value is -0.880. The molecule has 0 radical (unpaired) electrons. The van der Waals surface area contributed by atoms with Crippen LogP contribution < -0.4 is 4.72 Å². The first kappa shape index (κ1) is 14.2. The van der Waals surface area contributed by atoms with Gasteiger partial charge in [0.15, 0.2) is 0 Å². The van der Waals surface area contributed by atoms with Crippen LogP contribution in [-0.2, 0) is 10.0 Å². The molecule has 2 N–H and O–H groups in total. The Kier molecular flexibility index (Phi) is 6.21. The fraction of sp³-hybridized carbons (Fsp3) is 0.727. The molecule has 0 aliphatic heterocycles. The molecule has 0 bridgehead atoms. The van der Waals surface area contributed by atoms with Gasteiger partial charge < -0.3 is 0 Å². The van der Waals surface area contributed by atoms with Crippen molar-refractivity contribution in [1.29, 1.82) is 0 Å². The van der Waals surface area contributed by atoms with Crippen molar-refractivity contribution in [2.75, 3.05) is 6.54 Å². The van der Waals surface area contributed by atoms with E-state index in [1.807, 2.05) is 0 Å². The van der Waals surface area contributed by atoms with Gasteiger partial charge >= 0.3 is 0 Å². The number of unbranched alkanes of at least 4 members (excludes halogenated alkanes) is 5. The SMILES string of the molecule is CCCCCCCCNS(=O)(=O)c1cn[nH]c1. The predicted octanol–water partition coefficient (Wildman–Crippen LogP) is 2.05. The standard InChI is InChI=1S/C11H21N3O2S/c1-2-3-4-5-6-7-8-14-17(15,16)11-9-12-13-10-11/h9-10,14H,2-8H2,1H3,(H,12,13). The Morgan fingerprint density at radius 2 is 1.94 bits per heavy atom. The van der Waals surface area contributed by atoms with E-state index in [1.165, 1.54) is 38.1 Å². The van der Waals surface area contributed by atoms with E-state index in [0.29, 0.717) is 6.54 Å². The number of aromatic amines is 1. The highest BCUT2D eigenvalue weighted by Crippen LogP contribution is 2.06. The molecule has 1 aromatic heterocycles. The number of rotatable bonds is 9. The van der Waals surface area contributed by atoms with Crippen molar-refractivity contribution in [1.82, 2.24) is 14.9 Å². The summed E-state index contributed by atoms with van der Waals surface area (Å²) < 4.78 is 25.9. The van der Waals surface area contributed by atoms with Crippen LogP contribution in [0.5, 0.6) is 0 Å². The fourth-order valence-electron chi connectivity index (χ4n) is 1.58. The van der Waals surface area contributed by atoms with Crippen molar-refractivity contribution in [3.63, 3.8) is 0 Å². The zero-order valence-electron chi connectivity index (χ0n) is 10.3. The fourth-order valence-corrected chi connectivity index (χ4v) is 2.56. The van der Waals surface area contributed by atoms with Gasteiger partial charge in [0, 0.05) is 12.7 Å². The normalized spacial score (nSPS) is 11.8. The van der Waals surface area contributed by atoms with E-state index in [9.17, 15) is 8.42 Å². The summed E-state index contributed by atoms with van der Waals surface area (Å²) in [5.41, 5.74) is 0. The molecule has 0 aliphatic carbocycles. The van der Waals surface area contributed by atoms with Crippen molar-refractivity contribution < 1.29 is 8.42 Å². The molecular weight excluding hydrogens is 238 g/mol. The van der Waals surface area contributed by atoms with Gasteiger partial charge in [0.05, 0.1) is 6.20 Å². The summed E-state index contributed by atoms with van der Waals surface area (Å²) in [4.78, 5) is 0.198. The van der Waals surface area contributed by atoms with E-state index < -0.39 is 10.0 Å². The van der Waals surface area contributed by atoms with Gasteiger partial charge in [-0.05, 0) is 6.42 Å². The van der Waals surface area contributed by atoms with Crippen LogP contribution in [0.3, 0.4) is 0 Å². The van der Waals surface area contributed by atoms with Crippen molar-refractivity contribution in [3.8, 4) is 0 Å². The van der Waals surface area contributed by atoms with Crippen LogP contribution in [0.2, 0.25) is 0 Å². The van der Waals surface area contributed by atoms with E-state index in [0.717, 1.165) is 12.8 Å². The monoisotopic (exact) mass is 259 g/mol. The molecule has 1 rings (SSSR count). The number of nitrogens with zero attached hydrogens (tertiary/aromatic N) is 1. The maximum Gasteiger partial charge on any atom is 0.243 e. The van der Waals surface area contributed by atoms with Gasteiger partial charge in [0.1, 0.15) is 4.90 Å². The Labute approximate surface area is 103 Å². The largest absolute Gasteiger partial charge is 0.284 e. The van der Waals surface area contributed by atoms with Gasteiger partial charge in [-0.2, -0.15) is 5.10 Å². The number of sulfonamides is 1. The molecule has 5 nitrogen and oxygen atoms in total. The lowest BCUT2D eigenvalue weighted by Crippen LogP contribution is -2.24. The minimum atomic E-state index is -3.36. The average molecular weight is 259 g/mol. The lowest BCUT2D eigenvalue weighted by molar-refractivity contribution is 0.567. The molecule has 0 fully saturated rings. The van der Waals surface area contributed by atoms with Gasteiger partial charge in [-0.1, -0.05) is 39.0 Å². The summed E-state index contributed by atoms with van der Waals surface area (Å²) in [5.74, 6) is 0. The van der Waals surface area contributed by atoms with Crippen molar-refractivity contribution in [3.05, 3.63) is 12.4 Å². The second kappa shape index (κ2) is 7.45. The molecule has 0 spiro atoms.